The zero-order chi connectivity index (χ0) is 21.8. The molecule has 0 N–H and O–H groups in total. The third-order valence-electron chi connectivity index (χ3n) is 5.99. The Morgan fingerprint density at radius 1 is 1.19 bits per heavy atom. The Bertz CT molecular complexity index is 1090. The summed E-state index contributed by atoms with van der Waals surface area (Å²) in [6.07, 6.45) is 4.27. The molecule has 0 aliphatic carbocycles. The van der Waals surface area contributed by atoms with Gasteiger partial charge in [0, 0.05) is 32.0 Å². The van der Waals surface area contributed by atoms with Gasteiger partial charge in [-0.15, -0.1) is 6.58 Å². The lowest BCUT2D eigenvalue weighted by Crippen LogP contribution is -2.25. The molecule has 0 radical (unpaired) electrons. The van der Waals surface area contributed by atoms with Crippen molar-refractivity contribution in [2.24, 2.45) is 0 Å². The first kappa shape index (κ1) is 21.2. The van der Waals surface area contributed by atoms with Gasteiger partial charge in [-0.25, -0.2) is 4.98 Å². The van der Waals surface area contributed by atoms with Gasteiger partial charge in [0.2, 0.25) is 5.91 Å². The average molecular weight is 418 g/mol. The van der Waals surface area contributed by atoms with Crippen LogP contribution >= 0.6 is 0 Å². The zero-order valence-corrected chi connectivity index (χ0v) is 18.5. The molecule has 2 aromatic carbocycles. The highest BCUT2D eigenvalue weighted by atomic mass is 16.5. The standard InChI is InChI=1S/C26H31N3O2/c1-4-13-28-18-21(17-25(28)30)26-27-22-9-5-6-10-23(22)29(26)14-7-8-15-31-24-16-19(2)11-12-20(24)3/h4-6,9-12,16,21H,1,7-8,13-15,17-18H2,2-3H3/t21-/m0/s1. The molecule has 1 atom stereocenters. The minimum Gasteiger partial charge on any atom is -0.493 e. The molecule has 3 aromatic rings. The summed E-state index contributed by atoms with van der Waals surface area (Å²) in [6, 6.07) is 14.6. The lowest BCUT2D eigenvalue weighted by Gasteiger charge is -2.16. The van der Waals surface area contributed by atoms with Crippen molar-refractivity contribution in [2.75, 3.05) is 19.7 Å². The molecule has 4 rings (SSSR count). The molecule has 1 fully saturated rings. The molecule has 0 saturated carbocycles. The number of hydrogen-bond acceptors (Lipinski definition) is 3. The predicted molar refractivity (Wildman–Crippen MR) is 125 cm³/mol. The van der Waals surface area contributed by atoms with E-state index in [1.165, 1.54) is 11.1 Å². The van der Waals surface area contributed by atoms with E-state index in [1.54, 1.807) is 6.08 Å². The van der Waals surface area contributed by atoms with Gasteiger partial charge in [-0.3, -0.25) is 4.79 Å². The van der Waals surface area contributed by atoms with Gasteiger partial charge in [0.25, 0.3) is 0 Å². The minimum atomic E-state index is 0.131. The van der Waals surface area contributed by atoms with Gasteiger partial charge < -0.3 is 14.2 Å². The Hall–Kier alpha value is -3.08. The number of rotatable bonds is 9. The fraction of sp³-hybridized carbons (Fsp3) is 0.385. The molecule has 31 heavy (non-hydrogen) atoms. The van der Waals surface area contributed by atoms with Crippen molar-refractivity contribution < 1.29 is 9.53 Å². The number of ether oxygens (including phenoxy) is 1. The van der Waals surface area contributed by atoms with Crippen molar-refractivity contribution in [3.63, 3.8) is 0 Å². The third-order valence-corrected chi connectivity index (χ3v) is 5.99. The molecule has 0 spiro atoms. The molecule has 1 amide bonds. The van der Waals surface area contributed by atoms with Crippen LogP contribution in [0, 0.1) is 13.8 Å². The summed E-state index contributed by atoms with van der Waals surface area (Å²) in [4.78, 5) is 19.2. The maximum Gasteiger partial charge on any atom is 0.223 e. The smallest absolute Gasteiger partial charge is 0.223 e. The van der Waals surface area contributed by atoms with Gasteiger partial charge in [0.15, 0.2) is 0 Å². The van der Waals surface area contributed by atoms with Crippen molar-refractivity contribution in [2.45, 2.75) is 45.6 Å². The van der Waals surface area contributed by atoms with Crippen molar-refractivity contribution in [3.05, 3.63) is 72.1 Å². The quantitative estimate of drug-likeness (QED) is 0.363. The summed E-state index contributed by atoms with van der Waals surface area (Å²) in [5.41, 5.74) is 4.52. The Morgan fingerprint density at radius 3 is 2.87 bits per heavy atom. The van der Waals surface area contributed by atoms with Crippen LogP contribution in [0.1, 0.15) is 42.1 Å². The Balaban J connectivity index is 1.43. The Kier molecular flexibility index (Phi) is 6.40. The van der Waals surface area contributed by atoms with Crippen LogP contribution in [0.5, 0.6) is 5.75 Å². The first-order valence-corrected chi connectivity index (χ1v) is 11.1. The van der Waals surface area contributed by atoms with Crippen LogP contribution in [0.2, 0.25) is 0 Å². The second kappa shape index (κ2) is 9.38. The number of imidazole rings is 1. The highest BCUT2D eigenvalue weighted by Crippen LogP contribution is 2.30. The zero-order valence-electron chi connectivity index (χ0n) is 18.5. The summed E-state index contributed by atoms with van der Waals surface area (Å²) in [6.45, 7) is 10.8. The maximum absolute atomic E-state index is 12.4. The lowest BCUT2D eigenvalue weighted by molar-refractivity contribution is -0.127. The van der Waals surface area contributed by atoms with E-state index in [-0.39, 0.29) is 11.8 Å². The molecule has 162 valence electrons. The number of carbonyl (C=O) groups excluding carboxylic acids is 1. The maximum atomic E-state index is 12.4. The van der Waals surface area contributed by atoms with Crippen LogP contribution in [-0.4, -0.2) is 40.1 Å². The molecule has 1 aromatic heterocycles. The van der Waals surface area contributed by atoms with E-state index in [9.17, 15) is 4.79 Å². The van der Waals surface area contributed by atoms with Crippen LogP contribution in [-0.2, 0) is 11.3 Å². The first-order valence-electron chi connectivity index (χ1n) is 11.1. The van der Waals surface area contributed by atoms with Gasteiger partial charge in [0.1, 0.15) is 11.6 Å². The molecular weight excluding hydrogens is 386 g/mol. The summed E-state index contributed by atoms with van der Waals surface area (Å²) >= 11 is 0. The molecule has 0 unspecified atom stereocenters. The van der Waals surface area contributed by atoms with Crippen molar-refractivity contribution in [3.8, 4) is 5.75 Å². The van der Waals surface area contributed by atoms with E-state index in [0.29, 0.717) is 26.1 Å². The molecule has 5 heteroatoms. The summed E-state index contributed by atoms with van der Waals surface area (Å²) in [5, 5.41) is 0. The van der Waals surface area contributed by atoms with Crippen LogP contribution in [0.3, 0.4) is 0 Å². The number of benzene rings is 2. The third kappa shape index (κ3) is 4.66. The van der Waals surface area contributed by atoms with Crippen molar-refractivity contribution in [1.29, 1.82) is 0 Å². The Morgan fingerprint density at radius 2 is 2.03 bits per heavy atom. The van der Waals surface area contributed by atoms with Gasteiger partial charge in [0.05, 0.1) is 17.6 Å². The number of aromatic nitrogens is 2. The van der Waals surface area contributed by atoms with E-state index >= 15 is 0 Å². The fourth-order valence-corrected chi connectivity index (χ4v) is 4.34. The normalized spacial score (nSPS) is 16.3. The summed E-state index contributed by atoms with van der Waals surface area (Å²) in [5.74, 6) is 2.31. The summed E-state index contributed by atoms with van der Waals surface area (Å²) < 4.78 is 8.33. The second-order valence-corrected chi connectivity index (χ2v) is 8.42. The molecule has 2 heterocycles. The molecule has 1 saturated heterocycles. The molecule has 0 bridgehead atoms. The van der Waals surface area contributed by atoms with Gasteiger partial charge in [-0.2, -0.15) is 0 Å². The minimum absolute atomic E-state index is 0.131. The highest BCUT2D eigenvalue weighted by Gasteiger charge is 2.33. The molecular formula is C26H31N3O2. The van der Waals surface area contributed by atoms with E-state index in [0.717, 1.165) is 42.0 Å². The number of carbonyl (C=O) groups is 1. The number of unbranched alkanes of at least 4 members (excludes halogenated alkanes) is 1. The summed E-state index contributed by atoms with van der Waals surface area (Å²) in [7, 11) is 0. The number of amides is 1. The van der Waals surface area contributed by atoms with Gasteiger partial charge >= 0.3 is 0 Å². The topological polar surface area (TPSA) is 47.4 Å². The first-order chi connectivity index (χ1) is 15.1. The monoisotopic (exact) mass is 417 g/mol. The Labute approximate surface area is 184 Å². The highest BCUT2D eigenvalue weighted by molar-refractivity contribution is 5.81. The van der Waals surface area contributed by atoms with Crippen molar-refractivity contribution >= 4 is 16.9 Å². The number of nitrogens with zero attached hydrogens (tertiary/aromatic N) is 3. The van der Waals surface area contributed by atoms with E-state index < -0.39 is 0 Å². The van der Waals surface area contributed by atoms with E-state index in [2.05, 4.69) is 61.4 Å². The van der Waals surface area contributed by atoms with E-state index in [4.69, 9.17) is 9.72 Å². The van der Waals surface area contributed by atoms with Crippen LogP contribution in [0.25, 0.3) is 11.0 Å². The van der Waals surface area contributed by atoms with Crippen molar-refractivity contribution in [1.82, 2.24) is 14.5 Å². The largest absolute Gasteiger partial charge is 0.493 e. The SMILES string of the molecule is C=CCN1C[C@@H](c2nc3ccccc3n2CCCCOc2cc(C)ccc2C)CC1=O. The van der Waals surface area contributed by atoms with Gasteiger partial charge in [-0.1, -0.05) is 30.3 Å². The molecule has 1 aliphatic rings. The molecule has 1 aliphatic heterocycles. The fourth-order valence-electron chi connectivity index (χ4n) is 4.34. The van der Waals surface area contributed by atoms with Crippen LogP contribution in [0.15, 0.2) is 55.1 Å². The number of aryl methyl sites for hydroxylation is 3. The predicted octanol–water partition coefficient (Wildman–Crippen LogP) is 5.01. The molecule has 5 nitrogen and oxygen atoms in total. The van der Waals surface area contributed by atoms with E-state index in [1.807, 2.05) is 11.0 Å². The number of fused-ring (bicyclic) bond motifs is 1. The number of likely N-dealkylation sites (tertiary alicyclic amines) is 1. The van der Waals surface area contributed by atoms with Gasteiger partial charge in [-0.05, 0) is 56.0 Å². The average Bonchev–Trinajstić information content (AvgIpc) is 3.31. The lowest BCUT2D eigenvalue weighted by atomic mass is 10.1. The van der Waals surface area contributed by atoms with Crippen LogP contribution in [0.4, 0.5) is 0 Å². The second-order valence-electron chi connectivity index (χ2n) is 8.42. The number of hydrogen-bond donors (Lipinski definition) is 0. The number of para-hydroxylation sites is 2. The van der Waals surface area contributed by atoms with Crippen LogP contribution < -0.4 is 4.74 Å².